The number of imide groups is 1. The number of aromatic nitrogens is 5. The maximum absolute atomic E-state index is 13.5. The van der Waals surface area contributed by atoms with Gasteiger partial charge in [0.15, 0.2) is 5.15 Å². The van der Waals surface area contributed by atoms with E-state index in [0.717, 1.165) is 17.7 Å². The zero-order chi connectivity index (χ0) is 22.7. The molecule has 4 rings (SSSR count). The second-order valence-electron chi connectivity index (χ2n) is 6.48. The van der Waals surface area contributed by atoms with Gasteiger partial charge in [-0.15, -0.1) is 0 Å². The Bertz CT molecular complexity index is 1140. The number of halogens is 3. The summed E-state index contributed by atoms with van der Waals surface area (Å²) in [6.07, 6.45) is 9.77. The highest BCUT2D eigenvalue weighted by molar-refractivity contribution is 6.36. The number of amides is 2. The molecule has 32 heavy (non-hydrogen) atoms. The number of pyridine rings is 1. The summed E-state index contributed by atoms with van der Waals surface area (Å²) in [6, 6.07) is 1.61. The molecule has 0 aliphatic carbocycles. The third-order valence-corrected chi connectivity index (χ3v) is 5.11. The number of hydrogen-bond donors (Lipinski definition) is 0. The van der Waals surface area contributed by atoms with E-state index in [4.69, 9.17) is 39.5 Å². The second kappa shape index (κ2) is 9.56. The average molecular weight is 492 g/mol. The SMILES string of the molecule is O=C(c1cnc(Cl)nc1)N(C(=O)c1cnc(Cl)nc1)c1c(C2=CCCCO2)ccnc1Cl. The first-order valence-corrected chi connectivity index (χ1v) is 10.4. The summed E-state index contributed by atoms with van der Waals surface area (Å²) in [7, 11) is 0. The van der Waals surface area contributed by atoms with Crippen LogP contribution in [0.25, 0.3) is 5.76 Å². The molecule has 0 saturated carbocycles. The predicted octanol–water partition coefficient (Wildman–Crippen LogP) is 4.26. The largest absolute Gasteiger partial charge is 0.493 e. The molecule has 0 fully saturated rings. The topological polar surface area (TPSA) is 111 Å². The molecule has 0 saturated heterocycles. The van der Waals surface area contributed by atoms with Gasteiger partial charge in [-0.25, -0.2) is 29.8 Å². The van der Waals surface area contributed by atoms with Gasteiger partial charge < -0.3 is 4.74 Å². The Hall–Kier alpha value is -3.14. The highest BCUT2D eigenvalue weighted by Crippen LogP contribution is 2.36. The van der Waals surface area contributed by atoms with Crippen molar-refractivity contribution in [2.75, 3.05) is 11.5 Å². The van der Waals surface area contributed by atoms with Crippen LogP contribution in [0, 0.1) is 0 Å². The van der Waals surface area contributed by atoms with E-state index >= 15 is 0 Å². The molecule has 4 heterocycles. The smallest absolute Gasteiger partial charge is 0.268 e. The lowest BCUT2D eigenvalue weighted by atomic mass is 10.1. The van der Waals surface area contributed by atoms with Crippen LogP contribution in [0.15, 0.2) is 43.1 Å². The number of hydrogen-bond acceptors (Lipinski definition) is 8. The van der Waals surface area contributed by atoms with Crippen molar-refractivity contribution >= 4 is 58.1 Å². The molecule has 3 aromatic heterocycles. The predicted molar refractivity (Wildman–Crippen MR) is 118 cm³/mol. The van der Waals surface area contributed by atoms with E-state index in [-0.39, 0.29) is 32.5 Å². The Morgan fingerprint density at radius 2 is 1.44 bits per heavy atom. The van der Waals surface area contributed by atoms with Crippen molar-refractivity contribution in [3.8, 4) is 0 Å². The minimum absolute atomic E-state index is 0.00189. The first-order valence-electron chi connectivity index (χ1n) is 9.27. The minimum Gasteiger partial charge on any atom is -0.493 e. The molecule has 162 valence electrons. The highest BCUT2D eigenvalue weighted by atomic mass is 35.5. The van der Waals surface area contributed by atoms with Crippen LogP contribution in [-0.4, -0.2) is 43.3 Å². The highest BCUT2D eigenvalue weighted by Gasteiger charge is 2.32. The molecular weight excluding hydrogens is 479 g/mol. The van der Waals surface area contributed by atoms with Crippen molar-refractivity contribution < 1.29 is 14.3 Å². The van der Waals surface area contributed by atoms with Gasteiger partial charge in [-0.05, 0) is 48.2 Å². The first kappa shape index (κ1) is 22.1. The summed E-state index contributed by atoms with van der Waals surface area (Å²) in [5.41, 5.74) is 0.475. The third-order valence-electron chi connectivity index (χ3n) is 4.45. The second-order valence-corrected chi connectivity index (χ2v) is 7.52. The molecule has 0 aromatic carbocycles. The number of carbonyl (C=O) groups is 2. The molecule has 1 aliphatic rings. The number of nitrogens with zero attached hydrogens (tertiary/aromatic N) is 6. The number of ether oxygens (including phenoxy) is 1. The monoisotopic (exact) mass is 490 g/mol. The summed E-state index contributed by atoms with van der Waals surface area (Å²) >= 11 is 17.9. The third kappa shape index (κ3) is 4.55. The van der Waals surface area contributed by atoms with Crippen LogP contribution < -0.4 is 4.90 Å². The fraction of sp³-hybridized carbons (Fsp3) is 0.150. The Morgan fingerprint density at radius 3 is 1.94 bits per heavy atom. The zero-order valence-corrected chi connectivity index (χ0v) is 18.5. The van der Waals surface area contributed by atoms with Gasteiger partial charge in [-0.2, -0.15) is 0 Å². The summed E-state index contributed by atoms with van der Waals surface area (Å²) in [5, 5.41) is -0.179. The Morgan fingerprint density at radius 1 is 0.875 bits per heavy atom. The lowest BCUT2D eigenvalue weighted by Gasteiger charge is -2.25. The van der Waals surface area contributed by atoms with Gasteiger partial charge in [-0.1, -0.05) is 11.6 Å². The van der Waals surface area contributed by atoms with E-state index in [9.17, 15) is 9.59 Å². The van der Waals surface area contributed by atoms with Crippen molar-refractivity contribution in [1.29, 1.82) is 0 Å². The lowest BCUT2D eigenvalue weighted by molar-refractivity contribution is 0.0896. The van der Waals surface area contributed by atoms with Crippen LogP contribution >= 0.6 is 34.8 Å². The van der Waals surface area contributed by atoms with Gasteiger partial charge in [-0.3, -0.25) is 9.59 Å². The van der Waals surface area contributed by atoms with E-state index in [2.05, 4.69) is 24.9 Å². The van der Waals surface area contributed by atoms with Gasteiger partial charge in [0.1, 0.15) is 11.4 Å². The fourth-order valence-corrected chi connectivity index (χ4v) is 3.42. The number of carbonyl (C=O) groups excluding carboxylic acids is 2. The molecule has 0 bridgehead atoms. The molecule has 0 radical (unpaired) electrons. The van der Waals surface area contributed by atoms with Crippen molar-refractivity contribution in [2.24, 2.45) is 0 Å². The molecule has 0 spiro atoms. The number of allylic oxidation sites excluding steroid dienone is 1. The van der Waals surface area contributed by atoms with Gasteiger partial charge in [0.2, 0.25) is 10.6 Å². The molecule has 12 heteroatoms. The molecular formula is C20H13Cl3N6O3. The normalized spacial score (nSPS) is 13.2. The van der Waals surface area contributed by atoms with Crippen LogP contribution in [0.2, 0.25) is 15.7 Å². The molecule has 3 aromatic rings. The minimum atomic E-state index is -0.755. The Kier molecular flexibility index (Phi) is 6.59. The van der Waals surface area contributed by atoms with Gasteiger partial charge in [0.25, 0.3) is 11.8 Å². The van der Waals surface area contributed by atoms with Gasteiger partial charge in [0.05, 0.1) is 17.7 Å². The molecule has 1 aliphatic heterocycles. The quantitative estimate of drug-likeness (QED) is 0.302. The van der Waals surface area contributed by atoms with Crippen molar-refractivity contribution in [2.45, 2.75) is 12.8 Å². The summed E-state index contributed by atoms with van der Waals surface area (Å²) in [5.74, 6) is -1.02. The Balaban J connectivity index is 1.89. The molecule has 0 atom stereocenters. The lowest BCUT2D eigenvalue weighted by Crippen LogP contribution is -2.38. The average Bonchev–Trinajstić information content (AvgIpc) is 2.81. The van der Waals surface area contributed by atoms with Crippen LogP contribution in [-0.2, 0) is 4.74 Å². The fourth-order valence-electron chi connectivity index (χ4n) is 2.98. The maximum Gasteiger partial charge on any atom is 0.268 e. The molecule has 0 unspecified atom stereocenters. The summed E-state index contributed by atoms with van der Waals surface area (Å²) in [6.45, 7) is 0.489. The van der Waals surface area contributed by atoms with Crippen LogP contribution in [0.4, 0.5) is 5.69 Å². The van der Waals surface area contributed by atoms with Crippen LogP contribution in [0.1, 0.15) is 39.1 Å². The van der Waals surface area contributed by atoms with E-state index in [1.165, 1.54) is 31.0 Å². The summed E-state index contributed by atoms with van der Waals surface area (Å²) in [4.78, 5) is 47.2. The molecule has 2 amide bonds. The zero-order valence-electron chi connectivity index (χ0n) is 16.2. The van der Waals surface area contributed by atoms with E-state index in [1.54, 1.807) is 6.07 Å². The van der Waals surface area contributed by atoms with E-state index in [0.29, 0.717) is 17.9 Å². The van der Waals surface area contributed by atoms with E-state index < -0.39 is 11.8 Å². The number of anilines is 1. The van der Waals surface area contributed by atoms with E-state index in [1.807, 2.05) is 6.08 Å². The molecule has 9 nitrogen and oxygen atoms in total. The maximum atomic E-state index is 13.5. The van der Waals surface area contributed by atoms with Crippen LogP contribution in [0.3, 0.4) is 0 Å². The standard InChI is InChI=1S/C20H13Cl3N6O3/c21-16-15(13(4-5-24-16)14-3-1-2-6-32-14)29(17(30)11-7-25-19(22)26-8-11)18(31)12-9-27-20(23)28-10-12/h3-5,7-10H,1-2,6H2. The first-order chi connectivity index (χ1) is 15.5. The van der Waals surface area contributed by atoms with Crippen molar-refractivity contribution in [3.63, 3.8) is 0 Å². The van der Waals surface area contributed by atoms with Crippen molar-refractivity contribution in [1.82, 2.24) is 24.9 Å². The Labute approximate surface area is 197 Å². The molecule has 0 N–H and O–H groups in total. The number of rotatable bonds is 4. The van der Waals surface area contributed by atoms with Crippen LogP contribution in [0.5, 0.6) is 0 Å². The van der Waals surface area contributed by atoms with Gasteiger partial charge >= 0.3 is 0 Å². The van der Waals surface area contributed by atoms with Crippen molar-refractivity contribution in [3.05, 3.63) is 75.5 Å². The van der Waals surface area contributed by atoms with Gasteiger partial charge in [0, 0.05) is 36.5 Å². The summed E-state index contributed by atoms with van der Waals surface area (Å²) < 4.78 is 5.75.